The number of rotatable bonds is 7. The molecule has 8 heteroatoms. The van der Waals surface area contributed by atoms with Gasteiger partial charge in [0, 0.05) is 49.6 Å². The molecule has 0 spiro atoms. The number of hydrogen-bond donors (Lipinski definition) is 1. The summed E-state index contributed by atoms with van der Waals surface area (Å²) in [5, 5.41) is 13.5. The molecule has 0 atom stereocenters. The van der Waals surface area contributed by atoms with E-state index in [1.165, 1.54) is 10.4 Å². The maximum atomic E-state index is 11.2. The monoisotopic (exact) mass is 375 g/mol. The first kappa shape index (κ1) is 18.7. The predicted octanol–water partition coefficient (Wildman–Crippen LogP) is 1.69. The molecule has 3 rings (SSSR count). The van der Waals surface area contributed by atoms with Gasteiger partial charge in [-0.15, -0.1) is 0 Å². The Bertz CT molecular complexity index is 739. The lowest BCUT2D eigenvalue weighted by Crippen LogP contribution is -2.44. The van der Waals surface area contributed by atoms with Crippen molar-refractivity contribution in [3.63, 3.8) is 0 Å². The number of carboxylic acid groups (broad SMARTS) is 1. The van der Waals surface area contributed by atoms with Crippen LogP contribution < -0.4 is 4.90 Å². The van der Waals surface area contributed by atoms with Gasteiger partial charge in [-0.25, -0.2) is 9.67 Å². The van der Waals surface area contributed by atoms with E-state index >= 15 is 0 Å². The van der Waals surface area contributed by atoms with E-state index in [0.29, 0.717) is 11.6 Å². The number of nitrogens with zero attached hydrogens (tertiary/aromatic N) is 5. The van der Waals surface area contributed by atoms with Crippen molar-refractivity contribution in [1.82, 2.24) is 19.7 Å². The number of benzene rings is 1. The highest BCUT2D eigenvalue weighted by Gasteiger charge is 2.17. The quantitative estimate of drug-likeness (QED) is 0.789. The second kappa shape index (κ2) is 8.55. The van der Waals surface area contributed by atoms with Crippen molar-refractivity contribution in [3.8, 4) is 11.4 Å². The van der Waals surface area contributed by atoms with Gasteiger partial charge in [-0.3, -0.25) is 4.79 Å². The molecule has 140 valence electrons. The maximum absolute atomic E-state index is 11.2. The topological polar surface area (TPSA) is 74.5 Å². The van der Waals surface area contributed by atoms with Gasteiger partial charge in [-0.05, 0) is 37.6 Å². The van der Waals surface area contributed by atoms with Crippen LogP contribution >= 0.6 is 11.8 Å². The summed E-state index contributed by atoms with van der Waals surface area (Å²) in [6.07, 6.45) is 2.77. The summed E-state index contributed by atoms with van der Waals surface area (Å²) in [6.45, 7) is 3.98. The van der Waals surface area contributed by atoms with Crippen LogP contribution in [-0.4, -0.2) is 76.0 Å². The van der Waals surface area contributed by atoms with Gasteiger partial charge in [0.05, 0.1) is 0 Å². The van der Waals surface area contributed by atoms with Crippen LogP contribution in [0.2, 0.25) is 0 Å². The molecule has 0 aliphatic carbocycles. The fourth-order valence-corrected chi connectivity index (χ4v) is 3.41. The molecule has 2 heterocycles. The smallest absolute Gasteiger partial charge is 0.325 e. The normalized spacial score (nSPS) is 15.4. The lowest BCUT2D eigenvalue weighted by molar-refractivity contribution is -0.137. The number of likely N-dealkylation sites (N-methyl/N-ethyl adjacent to an activating group) is 1. The van der Waals surface area contributed by atoms with E-state index < -0.39 is 5.97 Å². The Morgan fingerprint density at radius 3 is 2.50 bits per heavy atom. The lowest BCUT2D eigenvalue weighted by atomic mass is 10.1. The number of hydrogen-bond acceptors (Lipinski definition) is 6. The minimum Gasteiger partial charge on any atom is -0.480 e. The summed E-state index contributed by atoms with van der Waals surface area (Å²) in [5.74, 6) is 1.31. The average molecular weight is 375 g/mol. The molecule has 2 aromatic rings. The minimum absolute atomic E-state index is 0.179. The van der Waals surface area contributed by atoms with Crippen molar-refractivity contribution in [2.75, 3.05) is 50.1 Å². The molecule has 1 aromatic carbocycles. The van der Waals surface area contributed by atoms with Gasteiger partial charge in [-0.1, -0.05) is 0 Å². The van der Waals surface area contributed by atoms with E-state index in [0.717, 1.165) is 43.9 Å². The van der Waals surface area contributed by atoms with Crippen LogP contribution in [0.3, 0.4) is 0 Å². The van der Waals surface area contributed by atoms with Crippen LogP contribution in [0.4, 0.5) is 5.69 Å². The Kier molecular flexibility index (Phi) is 6.16. The molecular weight excluding hydrogens is 350 g/mol. The first-order valence-corrected chi connectivity index (χ1v) is 10.1. The maximum Gasteiger partial charge on any atom is 0.325 e. The number of aliphatic carboxylic acids is 1. The van der Waals surface area contributed by atoms with Gasteiger partial charge in [0.1, 0.15) is 6.54 Å². The Morgan fingerprint density at radius 1 is 1.19 bits per heavy atom. The Hall–Kier alpha value is -2.06. The second-order valence-electron chi connectivity index (χ2n) is 6.48. The van der Waals surface area contributed by atoms with Crippen molar-refractivity contribution in [2.24, 2.45) is 0 Å². The molecule has 7 nitrogen and oxygen atoms in total. The van der Waals surface area contributed by atoms with Crippen molar-refractivity contribution in [3.05, 3.63) is 30.1 Å². The van der Waals surface area contributed by atoms with Crippen LogP contribution in [0, 0.1) is 0 Å². The molecule has 1 fully saturated rings. The van der Waals surface area contributed by atoms with Crippen LogP contribution in [-0.2, 0) is 17.8 Å². The second-order valence-corrected chi connectivity index (χ2v) is 7.47. The first-order valence-electron chi connectivity index (χ1n) is 8.75. The van der Waals surface area contributed by atoms with Gasteiger partial charge in [0.2, 0.25) is 0 Å². The zero-order valence-electron chi connectivity index (χ0n) is 15.3. The molecule has 0 saturated carbocycles. The number of thioether (sulfide) groups is 1. The van der Waals surface area contributed by atoms with Gasteiger partial charge >= 0.3 is 5.97 Å². The molecule has 1 aromatic heterocycles. The van der Waals surface area contributed by atoms with Crippen LogP contribution in [0.25, 0.3) is 11.4 Å². The standard InChI is InChI=1S/C18H25N5O2S/c1-21-8-10-22(11-9-21)15-5-3-14(4-6-15)18-19-16(7-12-26-2)20-23(18)13-17(24)25/h3-6H,7-13H2,1-2H3,(H,24,25). The average Bonchev–Trinajstić information content (AvgIpc) is 3.03. The fourth-order valence-electron chi connectivity index (χ4n) is 3.03. The zero-order valence-corrected chi connectivity index (χ0v) is 16.1. The first-order chi connectivity index (χ1) is 12.6. The van der Waals surface area contributed by atoms with Gasteiger partial charge in [-0.2, -0.15) is 16.9 Å². The SMILES string of the molecule is CSCCc1nc(-c2ccc(N3CCN(C)CC3)cc2)n(CC(=O)O)n1. The van der Waals surface area contributed by atoms with Gasteiger partial charge in [0.25, 0.3) is 0 Å². The number of piperazine rings is 1. The molecular formula is C18H25N5O2S. The van der Waals surface area contributed by atoms with E-state index in [4.69, 9.17) is 5.11 Å². The molecule has 0 bridgehead atoms. The zero-order chi connectivity index (χ0) is 18.5. The number of anilines is 1. The Labute approximate surface area is 158 Å². The number of aromatic nitrogens is 3. The van der Waals surface area contributed by atoms with Gasteiger partial charge in [0.15, 0.2) is 11.6 Å². The number of aryl methyl sites for hydroxylation is 1. The molecule has 0 unspecified atom stereocenters. The van der Waals surface area contributed by atoms with E-state index in [9.17, 15) is 4.79 Å². The summed E-state index contributed by atoms with van der Waals surface area (Å²) in [4.78, 5) is 20.4. The van der Waals surface area contributed by atoms with Crippen LogP contribution in [0.1, 0.15) is 5.82 Å². The highest BCUT2D eigenvalue weighted by Crippen LogP contribution is 2.23. The number of carbonyl (C=O) groups is 1. The highest BCUT2D eigenvalue weighted by atomic mass is 32.2. The van der Waals surface area contributed by atoms with E-state index in [2.05, 4.69) is 39.1 Å². The third-order valence-electron chi connectivity index (χ3n) is 4.52. The van der Waals surface area contributed by atoms with E-state index in [1.807, 2.05) is 18.4 Å². The van der Waals surface area contributed by atoms with Crippen molar-refractivity contribution in [1.29, 1.82) is 0 Å². The van der Waals surface area contributed by atoms with Gasteiger partial charge < -0.3 is 14.9 Å². The largest absolute Gasteiger partial charge is 0.480 e. The molecule has 1 saturated heterocycles. The molecule has 0 radical (unpaired) electrons. The van der Waals surface area contributed by atoms with Crippen molar-refractivity contribution >= 4 is 23.4 Å². The minimum atomic E-state index is -0.915. The van der Waals surface area contributed by atoms with E-state index in [1.54, 1.807) is 11.8 Å². The molecule has 0 amide bonds. The van der Waals surface area contributed by atoms with Crippen LogP contribution in [0.15, 0.2) is 24.3 Å². The van der Waals surface area contributed by atoms with Crippen LogP contribution in [0.5, 0.6) is 0 Å². The number of carboxylic acids is 1. The fraction of sp³-hybridized carbons (Fsp3) is 0.500. The molecule has 26 heavy (non-hydrogen) atoms. The summed E-state index contributed by atoms with van der Waals surface area (Å²) in [7, 11) is 2.14. The third kappa shape index (κ3) is 4.56. The van der Waals surface area contributed by atoms with Crippen molar-refractivity contribution < 1.29 is 9.90 Å². The summed E-state index contributed by atoms with van der Waals surface area (Å²) in [6, 6.07) is 8.19. The summed E-state index contributed by atoms with van der Waals surface area (Å²) >= 11 is 1.72. The van der Waals surface area contributed by atoms with Crippen molar-refractivity contribution in [2.45, 2.75) is 13.0 Å². The molecule has 1 N–H and O–H groups in total. The van der Waals surface area contributed by atoms with E-state index in [-0.39, 0.29) is 6.54 Å². The molecule has 1 aliphatic rings. The third-order valence-corrected chi connectivity index (χ3v) is 5.14. The Morgan fingerprint density at radius 2 is 1.88 bits per heavy atom. The highest BCUT2D eigenvalue weighted by molar-refractivity contribution is 7.98. The molecule has 1 aliphatic heterocycles. The predicted molar refractivity (Wildman–Crippen MR) is 105 cm³/mol. The lowest BCUT2D eigenvalue weighted by Gasteiger charge is -2.34. The Balaban J connectivity index is 1.80. The summed E-state index contributed by atoms with van der Waals surface area (Å²) < 4.78 is 1.49. The summed E-state index contributed by atoms with van der Waals surface area (Å²) in [5.41, 5.74) is 2.08.